The molecule has 1 amide bonds. The number of ether oxygens (including phenoxy) is 4. The molecule has 1 fully saturated rings. The van der Waals surface area contributed by atoms with Crippen molar-refractivity contribution in [3.05, 3.63) is 138 Å². The van der Waals surface area contributed by atoms with Crippen LogP contribution in [0, 0.1) is 0 Å². The molecule has 18 nitrogen and oxygen atoms in total. The fraction of sp³-hybridized carbons (Fsp3) is 0.327. The van der Waals surface area contributed by atoms with E-state index in [4.69, 9.17) is 28.9 Å². The minimum absolute atomic E-state index is 0.0335. The number of amides is 1. The Morgan fingerprint density at radius 2 is 1.69 bits per heavy atom. The monoisotopic (exact) mass is 976 g/mol. The van der Waals surface area contributed by atoms with Crippen molar-refractivity contribution in [1.29, 1.82) is 0 Å². The van der Waals surface area contributed by atoms with Gasteiger partial charge in [-0.1, -0.05) is 24.3 Å². The van der Waals surface area contributed by atoms with Crippen LogP contribution in [0.1, 0.15) is 86.5 Å². The van der Waals surface area contributed by atoms with Crippen LogP contribution < -0.4 is 20.1 Å². The summed E-state index contributed by atoms with van der Waals surface area (Å²) in [4.78, 5) is 33.3. The molecule has 11 rings (SSSR count). The number of hydrogen-bond donors (Lipinski definition) is 3. The van der Waals surface area contributed by atoms with Crippen LogP contribution in [-0.4, -0.2) is 98.6 Å². The van der Waals surface area contributed by atoms with Crippen LogP contribution in [0.2, 0.25) is 0 Å². The van der Waals surface area contributed by atoms with Crippen molar-refractivity contribution in [2.75, 3.05) is 37.1 Å². The molecule has 3 aliphatic heterocycles. The van der Waals surface area contributed by atoms with E-state index in [1.54, 1.807) is 55.2 Å². The SMILES string of the molecule is CC12CC=C(c3ccc(OC4CCOC4)nc3)C=C1C(=O)Nc1cc(C3CCCOc4ccc(-c5ccc(C(F)F)nc5)cc4C(O)Nc4cccc(n4)-c4nncn43)cc(n1)-c1nncn1CCCCO2. The number of nitrogens with zero attached hydrogens (tertiary/aromatic N) is 10. The van der Waals surface area contributed by atoms with Crippen molar-refractivity contribution in [2.45, 2.75) is 82.4 Å². The molecule has 4 unspecified atom stereocenters. The molecular formula is C52H50F2N12O6. The second-order valence-electron chi connectivity index (χ2n) is 18.2. The highest BCUT2D eigenvalue weighted by molar-refractivity contribution is 6.07. The Morgan fingerprint density at radius 3 is 2.53 bits per heavy atom. The summed E-state index contributed by atoms with van der Waals surface area (Å²) in [5, 5.41) is 35.6. The lowest BCUT2D eigenvalue weighted by Crippen LogP contribution is -2.39. The molecule has 1 aliphatic carbocycles. The average molecular weight is 977 g/mol. The van der Waals surface area contributed by atoms with E-state index >= 15 is 0 Å². The number of allylic oxidation sites excluding steroid dienone is 2. The number of carbonyl (C=O) groups is 1. The largest absolute Gasteiger partial charge is 0.493 e. The minimum Gasteiger partial charge on any atom is -0.493 e. The lowest BCUT2D eigenvalue weighted by molar-refractivity contribution is -0.116. The van der Waals surface area contributed by atoms with Gasteiger partial charge < -0.3 is 43.8 Å². The average Bonchev–Trinajstić information content (AvgIpc) is 4.20. The van der Waals surface area contributed by atoms with E-state index in [9.17, 15) is 18.7 Å². The molecule has 7 aromatic rings. The van der Waals surface area contributed by atoms with Crippen LogP contribution in [0.4, 0.5) is 20.4 Å². The molecule has 368 valence electrons. The smallest absolute Gasteiger partial charge is 0.280 e. The van der Waals surface area contributed by atoms with Gasteiger partial charge in [-0.3, -0.25) is 9.78 Å². The van der Waals surface area contributed by atoms with Crippen LogP contribution in [0.25, 0.3) is 39.7 Å². The molecule has 72 heavy (non-hydrogen) atoms. The summed E-state index contributed by atoms with van der Waals surface area (Å²) in [7, 11) is 0. The minimum atomic E-state index is -2.70. The lowest BCUT2D eigenvalue weighted by Gasteiger charge is -2.34. The summed E-state index contributed by atoms with van der Waals surface area (Å²) >= 11 is 0. The van der Waals surface area contributed by atoms with Gasteiger partial charge >= 0.3 is 0 Å². The molecule has 0 saturated carbocycles. The van der Waals surface area contributed by atoms with Gasteiger partial charge in [-0.15, -0.1) is 20.4 Å². The summed E-state index contributed by atoms with van der Waals surface area (Å²) in [6.45, 7) is 4.42. The Kier molecular flexibility index (Phi) is 13.0. The van der Waals surface area contributed by atoms with E-state index in [-0.39, 0.29) is 30.1 Å². The van der Waals surface area contributed by atoms with Gasteiger partial charge in [0.1, 0.15) is 53.2 Å². The number of fused-ring (bicyclic) bond motifs is 10. The first kappa shape index (κ1) is 46.6. The Bertz CT molecular complexity index is 3160. The zero-order valence-corrected chi connectivity index (χ0v) is 39.2. The highest BCUT2D eigenvalue weighted by Crippen LogP contribution is 2.39. The number of carbonyl (C=O) groups excluding carboxylic acids is 1. The number of nitrogens with one attached hydrogen (secondary N) is 2. The molecule has 6 aromatic heterocycles. The maximum Gasteiger partial charge on any atom is 0.280 e. The van der Waals surface area contributed by atoms with E-state index in [1.807, 2.05) is 52.5 Å². The maximum absolute atomic E-state index is 14.9. The van der Waals surface area contributed by atoms with E-state index < -0.39 is 24.3 Å². The van der Waals surface area contributed by atoms with Crippen molar-refractivity contribution >= 4 is 23.1 Å². The number of hydrogen-bond acceptors (Lipinski definition) is 15. The summed E-state index contributed by atoms with van der Waals surface area (Å²) < 4.78 is 55.1. The third-order valence-electron chi connectivity index (χ3n) is 13.3. The summed E-state index contributed by atoms with van der Waals surface area (Å²) in [6.07, 6.45) is 10.1. The first-order valence-corrected chi connectivity index (χ1v) is 24.0. The molecule has 0 spiro atoms. The van der Waals surface area contributed by atoms with Gasteiger partial charge in [-0.05, 0) is 116 Å². The number of aliphatic hydroxyl groups is 1. The predicted molar refractivity (Wildman–Crippen MR) is 260 cm³/mol. The number of rotatable bonds is 6. The van der Waals surface area contributed by atoms with Crippen molar-refractivity contribution in [1.82, 2.24) is 49.5 Å². The number of aromatic nitrogens is 10. The number of aliphatic hydroxyl groups excluding tert-OH is 1. The van der Waals surface area contributed by atoms with Gasteiger partial charge in [0.15, 0.2) is 17.9 Å². The number of anilines is 2. The molecule has 1 aromatic carbocycles. The van der Waals surface area contributed by atoms with Crippen molar-refractivity contribution in [3.63, 3.8) is 0 Å². The van der Waals surface area contributed by atoms with Crippen LogP contribution in [-0.2, 0) is 20.8 Å². The Morgan fingerprint density at radius 1 is 0.847 bits per heavy atom. The predicted octanol–water partition coefficient (Wildman–Crippen LogP) is 8.34. The fourth-order valence-electron chi connectivity index (χ4n) is 9.44. The van der Waals surface area contributed by atoms with Crippen LogP contribution in [0.15, 0.2) is 116 Å². The van der Waals surface area contributed by atoms with Crippen LogP contribution >= 0.6 is 0 Å². The molecule has 4 aliphatic rings. The zero-order chi connectivity index (χ0) is 49.2. The molecule has 20 heteroatoms. The highest BCUT2D eigenvalue weighted by atomic mass is 19.3. The summed E-state index contributed by atoms with van der Waals surface area (Å²) in [5.74, 6) is 2.15. The van der Waals surface area contributed by atoms with E-state index in [0.29, 0.717) is 108 Å². The maximum atomic E-state index is 14.9. The van der Waals surface area contributed by atoms with Gasteiger partial charge in [-0.25, -0.2) is 23.7 Å². The number of halogens is 2. The third kappa shape index (κ3) is 9.79. The molecule has 0 radical (unpaired) electrons. The standard InChI is InChI=1S/C52H50F2N12O6/c1-52-17-15-32(34-11-14-46(56-27-34)72-36-16-21-69-28-36)23-38(52)51(68)62-45-25-35(24-41(60-45)48-63-57-29-65(48)18-2-3-20-71-52)42-7-5-19-70-43-13-10-31(33-9-12-39(47(53)54)55-26-33)22-37(43)50(67)61-44-8-4-6-40(59-44)49-64-58-30-66(42)49/h4,6,8-15,22-27,29-30,36,42,47,50,67H,2-3,5,7,16-21,28H2,1H3,(H,59,61)(H,60,62,68). The van der Waals surface area contributed by atoms with E-state index in [0.717, 1.165) is 36.0 Å². The normalized spacial score (nSPS) is 21.5. The number of alkyl halides is 2. The van der Waals surface area contributed by atoms with Gasteiger partial charge in [0.25, 0.3) is 12.3 Å². The number of benzene rings is 1. The first-order valence-electron chi connectivity index (χ1n) is 24.0. The van der Waals surface area contributed by atoms with Gasteiger partial charge in [-0.2, -0.15) is 0 Å². The van der Waals surface area contributed by atoms with E-state index in [2.05, 4.69) is 47.1 Å². The van der Waals surface area contributed by atoms with Crippen molar-refractivity contribution in [3.8, 4) is 45.8 Å². The molecule has 4 atom stereocenters. The lowest BCUT2D eigenvalue weighted by atomic mass is 9.83. The quantitative estimate of drug-likeness (QED) is 0.143. The van der Waals surface area contributed by atoms with E-state index in [1.165, 1.54) is 12.3 Å². The second-order valence-corrected chi connectivity index (χ2v) is 18.2. The Hall–Kier alpha value is -7.81. The van der Waals surface area contributed by atoms with Gasteiger partial charge in [0.2, 0.25) is 5.88 Å². The van der Waals surface area contributed by atoms with Crippen LogP contribution in [0.5, 0.6) is 11.6 Å². The molecule has 4 bridgehead atoms. The zero-order valence-electron chi connectivity index (χ0n) is 39.2. The summed E-state index contributed by atoms with van der Waals surface area (Å²) in [5.41, 5.74) is 4.19. The second kappa shape index (κ2) is 20.1. The van der Waals surface area contributed by atoms with Crippen molar-refractivity contribution in [2.24, 2.45) is 0 Å². The molecule has 9 heterocycles. The number of aryl methyl sites for hydroxylation is 1. The van der Waals surface area contributed by atoms with Crippen LogP contribution in [0.3, 0.4) is 0 Å². The number of pyridine rings is 4. The topological polar surface area (TPSA) is 211 Å². The Balaban J connectivity index is 0.946. The highest BCUT2D eigenvalue weighted by Gasteiger charge is 2.37. The fourth-order valence-corrected chi connectivity index (χ4v) is 9.44. The van der Waals surface area contributed by atoms with Crippen molar-refractivity contribution < 1.29 is 37.6 Å². The van der Waals surface area contributed by atoms with Gasteiger partial charge in [0.05, 0.1) is 31.5 Å². The molecule has 3 N–H and O–H groups in total. The Labute approximate surface area is 412 Å². The molecule has 1 saturated heterocycles. The summed E-state index contributed by atoms with van der Waals surface area (Å²) in [6, 6.07) is 20.6. The molecular weight excluding hydrogens is 927 g/mol. The third-order valence-corrected chi connectivity index (χ3v) is 13.3. The van der Waals surface area contributed by atoms with Gasteiger partial charge in [0, 0.05) is 54.7 Å². The first-order chi connectivity index (χ1) is 35.1.